The number of fused-ring (bicyclic) bond motifs is 1. The Hall–Kier alpha value is -4.59. The molecule has 0 unspecified atom stereocenters. The van der Waals surface area contributed by atoms with Crippen LogP contribution in [0.2, 0.25) is 0 Å². The molecular weight excluding hydrogens is 496 g/mol. The Bertz CT molecular complexity index is 1410. The first-order chi connectivity index (χ1) is 19.0. The van der Waals surface area contributed by atoms with E-state index in [1.54, 1.807) is 10.8 Å². The zero-order valence-corrected chi connectivity index (χ0v) is 21.7. The molecule has 0 saturated carbocycles. The van der Waals surface area contributed by atoms with E-state index in [-0.39, 0.29) is 13.0 Å². The molecule has 202 valence electrons. The molecule has 0 fully saturated rings. The van der Waals surface area contributed by atoms with Crippen LogP contribution < -0.4 is 9.47 Å². The zero-order chi connectivity index (χ0) is 27.5. The number of hydrogen-bond donors (Lipinski definition) is 2. The number of hydrogen-bond acceptors (Lipinski definition) is 5. The minimum atomic E-state index is -0.939. The number of carbonyl (C=O) groups is 2. The molecule has 0 aliphatic carbocycles. The predicted octanol–water partition coefficient (Wildman–Crippen LogP) is 5.94. The van der Waals surface area contributed by atoms with Crippen LogP contribution in [0, 0.1) is 0 Å². The smallest absolute Gasteiger partial charge is 0.323 e. The van der Waals surface area contributed by atoms with Crippen molar-refractivity contribution in [2.45, 2.75) is 38.6 Å². The lowest BCUT2D eigenvalue weighted by Crippen LogP contribution is -2.07. The van der Waals surface area contributed by atoms with Gasteiger partial charge >= 0.3 is 11.9 Å². The first-order valence-corrected chi connectivity index (χ1v) is 13.0. The van der Waals surface area contributed by atoms with Gasteiger partial charge < -0.3 is 24.3 Å². The molecule has 0 atom stereocenters. The molecule has 2 aromatic carbocycles. The van der Waals surface area contributed by atoms with Crippen molar-refractivity contribution in [1.82, 2.24) is 9.55 Å². The highest BCUT2D eigenvalue weighted by molar-refractivity contribution is 5.94. The molecule has 8 heteroatoms. The lowest BCUT2D eigenvalue weighted by atomic mass is 10.0. The quantitative estimate of drug-likeness (QED) is 0.184. The molecule has 39 heavy (non-hydrogen) atoms. The Morgan fingerprint density at radius 2 is 1.64 bits per heavy atom. The monoisotopic (exact) mass is 528 g/mol. The topological polar surface area (TPSA) is 111 Å². The molecule has 4 aromatic rings. The summed E-state index contributed by atoms with van der Waals surface area (Å²) in [5.41, 5.74) is 3.51. The van der Waals surface area contributed by atoms with Crippen LogP contribution in [0.5, 0.6) is 11.6 Å². The molecule has 0 amide bonds. The number of ether oxygens (including phenoxy) is 2. The van der Waals surface area contributed by atoms with Gasteiger partial charge in [0.1, 0.15) is 12.3 Å². The van der Waals surface area contributed by atoms with Gasteiger partial charge in [-0.3, -0.25) is 9.59 Å². The summed E-state index contributed by atoms with van der Waals surface area (Å²) in [7, 11) is 0. The second-order valence-electron chi connectivity index (χ2n) is 9.15. The minimum Gasteiger partial charge on any atom is -0.494 e. The van der Waals surface area contributed by atoms with Crippen molar-refractivity contribution in [3.05, 3.63) is 89.7 Å². The maximum Gasteiger partial charge on any atom is 0.323 e. The molecule has 0 spiro atoms. The van der Waals surface area contributed by atoms with Crippen molar-refractivity contribution in [2.24, 2.45) is 0 Å². The molecule has 0 bridgehead atoms. The average Bonchev–Trinajstić information content (AvgIpc) is 3.27. The van der Waals surface area contributed by atoms with E-state index in [0.29, 0.717) is 31.9 Å². The fourth-order valence-electron chi connectivity index (χ4n) is 4.35. The fraction of sp³-hybridized carbons (Fsp3) is 0.258. The molecule has 0 saturated heterocycles. The van der Waals surface area contributed by atoms with Crippen molar-refractivity contribution in [2.75, 3.05) is 13.2 Å². The van der Waals surface area contributed by atoms with Crippen LogP contribution >= 0.6 is 0 Å². The van der Waals surface area contributed by atoms with Gasteiger partial charge in [-0.25, -0.2) is 4.98 Å². The summed E-state index contributed by atoms with van der Waals surface area (Å²) in [5, 5.41) is 19.3. The number of benzene rings is 2. The summed E-state index contributed by atoms with van der Waals surface area (Å²) >= 11 is 0. The number of nitrogens with zero attached hydrogens (tertiary/aromatic N) is 2. The Morgan fingerprint density at radius 3 is 2.36 bits per heavy atom. The van der Waals surface area contributed by atoms with Gasteiger partial charge in [0.15, 0.2) is 0 Å². The molecule has 2 heterocycles. The number of carboxylic acid groups (broad SMARTS) is 2. The Labute approximate surface area is 227 Å². The number of aryl methyl sites for hydroxylation is 1. The lowest BCUT2D eigenvalue weighted by Gasteiger charge is -2.07. The average molecular weight is 529 g/mol. The molecule has 2 N–H and O–H groups in total. The molecular formula is C31H32N2O6. The number of pyridine rings is 1. The zero-order valence-electron chi connectivity index (χ0n) is 21.7. The normalized spacial score (nSPS) is 11.2. The number of para-hydroxylation sites is 2. The standard InChI is InChI=1S/C31H32N2O6/c34-29(35)13-7-9-25-21-33(22-30(36)37)31-24(8-6-12-27(25)31)16-14-23-15-17-28(32-20-23)39-19-5-4-18-38-26-10-2-1-3-11-26/h1-3,6,8,10-12,14-17,20-21H,4-5,7,9,13,18-19,22H2,(H,34,35)(H,36,37)/b16-14+. The van der Waals surface area contributed by atoms with Crippen molar-refractivity contribution in [1.29, 1.82) is 0 Å². The summed E-state index contributed by atoms with van der Waals surface area (Å²) in [5.74, 6) is -0.358. The summed E-state index contributed by atoms with van der Waals surface area (Å²) in [6.07, 6.45) is 10.3. The Kier molecular flexibility index (Phi) is 9.72. The molecule has 8 nitrogen and oxygen atoms in total. The number of unbranched alkanes of at least 4 members (excludes halogenated alkanes) is 1. The molecule has 4 rings (SSSR count). The first-order valence-electron chi connectivity index (χ1n) is 13.0. The summed E-state index contributed by atoms with van der Waals surface area (Å²) in [6, 6.07) is 19.3. The summed E-state index contributed by atoms with van der Waals surface area (Å²) < 4.78 is 13.2. The second kappa shape index (κ2) is 13.8. The van der Waals surface area contributed by atoms with Crippen molar-refractivity contribution < 1.29 is 29.3 Å². The van der Waals surface area contributed by atoms with Crippen LogP contribution in [-0.2, 0) is 22.6 Å². The lowest BCUT2D eigenvalue weighted by molar-refractivity contribution is -0.138. The van der Waals surface area contributed by atoms with Gasteiger partial charge in [0, 0.05) is 30.3 Å². The van der Waals surface area contributed by atoms with Crippen molar-refractivity contribution in [3.63, 3.8) is 0 Å². The van der Waals surface area contributed by atoms with Gasteiger partial charge in [0.2, 0.25) is 5.88 Å². The molecule has 0 radical (unpaired) electrons. The number of rotatable bonds is 15. The van der Waals surface area contributed by atoms with Crippen LogP contribution in [0.1, 0.15) is 42.4 Å². The van der Waals surface area contributed by atoms with Crippen molar-refractivity contribution in [3.8, 4) is 11.6 Å². The Balaban J connectivity index is 1.36. The largest absolute Gasteiger partial charge is 0.494 e. The SMILES string of the molecule is O=C(O)CCCc1cn(CC(=O)O)c2c(/C=C/c3ccc(OCCCCOc4ccccc4)nc3)cccc12. The van der Waals surface area contributed by atoms with E-state index in [4.69, 9.17) is 14.6 Å². The van der Waals surface area contributed by atoms with Crippen LogP contribution in [-0.4, -0.2) is 44.9 Å². The third-order valence-corrected chi connectivity index (χ3v) is 6.17. The van der Waals surface area contributed by atoms with E-state index in [0.717, 1.165) is 46.2 Å². The molecule has 0 aliphatic rings. The maximum atomic E-state index is 11.5. The highest BCUT2D eigenvalue weighted by atomic mass is 16.5. The minimum absolute atomic E-state index is 0.0700. The van der Waals surface area contributed by atoms with Crippen LogP contribution in [0.4, 0.5) is 0 Å². The van der Waals surface area contributed by atoms with E-state index in [2.05, 4.69) is 4.98 Å². The van der Waals surface area contributed by atoms with Crippen LogP contribution in [0.15, 0.2) is 73.1 Å². The van der Waals surface area contributed by atoms with Crippen LogP contribution in [0.25, 0.3) is 23.1 Å². The van der Waals surface area contributed by atoms with Gasteiger partial charge in [-0.05, 0) is 60.6 Å². The van der Waals surface area contributed by atoms with Crippen LogP contribution in [0.3, 0.4) is 0 Å². The van der Waals surface area contributed by atoms with E-state index >= 15 is 0 Å². The van der Waals surface area contributed by atoms with Gasteiger partial charge in [-0.2, -0.15) is 0 Å². The summed E-state index contributed by atoms with van der Waals surface area (Å²) in [6.45, 7) is 1.01. The second-order valence-corrected chi connectivity index (χ2v) is 9.15. The maximum absolute atomic E-state index is 11.5. The number of aromatic nitrogens is 2. The van der Waals surface area contributed by atoms with Gasteiger partial charge in [0.05, 0.1) is 18.7 Å². The number of aliphatic carboxylic acids is 2. The van der Waals surface area contributed by atoms with Crippen molar-refractivity contribution >= 4 is 35.0 Å². The third kappa shape index (κ3) is 8.20. The predicted molar refractivity (Wildman–Crippen MR) is 150 cm³/mol. The highest BCUT2D eigenvalue weighted by Crippen LogP contribution is 2.28. The number of carboxylic acids is 2. The first kappa shape index (κ1) is 27.4. The van der Waals surface area contributed by atoms with Gasteiger partial charge in [-0.15, -0.1) is 0 Å². The van der Waals surface area contributed by atoms with Gasteiger partial charge in [-0.1, -0.05) is 48.6 Å². The molecule has 0 aliphatic heterocycles. The van der Waals surface area contributed by atoms with E-state index in [1.165, 1.54) is 0 Å². The fourth-order valence-corrected chi connectivity index (χ4v) is 4.35. The van der Waals surface area contributed by atoms with E-state index < -0.39 is 11.9 Å². The highest BCUT2D eigenvalue weighted by Gasteiger charge is 2.13. The van der Waals surface area contributed by atoms with E-state index in [1.807, 2.05) is 79.0 Å². The third-order valence-electron chi connectivity index (χ3n) is 6.17. The summed E-state index contributed by atoms with van der Waals surface area (Å²) in [4.78, 5) is 26.8. The van der Waals surface area contributed by atoms with Gasteiger partial charge in [0.25, 0.3) is 0 Å². The van der Waals surface area contributed by atoms with E-state index in [9.17, 15) is 14.7 Å². The molecule has 2 aromatic heterocycles. The Morgan fingerprint density at radius 1 is 0.846 bits per heavy atom.